The van der Waals surface area contributed by atoms with Crippen molar-refractivity contribution in [3.63, 3.8) is 0 Å². The summed E-state index contributed by atoms with van der Waals surface area (Å²) in [6, 6.07) is 3.95. The van der Waals surface area contributed by atoms with E-state index in [0.29, 0.717) is 10.8 Å². The zero-order valence-electron chi connectivity index (χ0n) is 10.4. The molecule has 1 rings (SSSR count). The molecule has 1 heterocycles. The van der Waals surface area contributed by atoms with Crippen LogP contribution in [0.5, 0.6) is 0 Å². The van der Waals surface area contributed by atoms with E-state index in [2.05, 4.69) is 24.9 Å². The van der Waals surface area contributed by atoms with Gasteiger partial charge in [0.05, 0.1) is 10.8 Å². The molecule has 2 nitrogen and oxygen atoms in total. The number of aryl methyl sites for hydroxylation is 1. The Balaban J connectivity index is 2.54. The van der Waals surface area contributed by atoms with Crippen LogP contribution in [0.1, 0.15) is 39.2 Å². The summed E-state index contributed by atoms with van der Waals surface area (Å²) >= 11 is 0. The van der Waals surface area contributed by atoms with E-state index in [1.807, 2.05) is 19.2 Å². The van der Waals surface area contributed by atoms with E-state index in [1.165, 1.54) is 18.4 Å². The van der Waals surface area contributed by atoms with E-state index >= 15 is 0 Å². The van der Waals surface area contributed by atoms with Crippen LogP contribution in [-0.2, 0) is 17.2 Å². The van der Waals surface area contributed by atoms with Gasteiger partial charge in [-0.25, -0.2) is 4.98 Å². The smallest absolute Gasteiger partial charge is 0.127 e. The Labute approximate surface area is 101 Å². The average molecular weight is 239 g/mol. The Morgan fingerprint density at radius 2 is 2.12 bits per heavy atom. The van der Waals surface area contributed by atoms with E-state index in [1.54, 1.807) is 0 Å². The molecule has 0 aliphatic carbocycles. The van der Waals surface area contributed by atoms with Crippen molar-refractivity contribution in [3.05, 3.63) is 23.9 Å². The molecule has 0 saturated carbocycles. The van der Waals surface area contributed by atoms with Crippen LogP contribution >= 0.6 is 0 Å². The van der Waals surface area contributed by atoms with E-state index in [-0.39, 0.29) is 0 Å². The number of rotatable bonds is 6. The molecule has 16 heavy (non-hydrogen) atoms. The largest absolute Gasteiger partial charge is 0.253 e. The maximum Gasteiger partial charge on any atom is 0.127 e. The normalized spacial score (nSPS) is 14.7. The molecular weight excluding hydrogens is 218 g/mol. The first-order valence-corrected chi connectivity index (χ1v) is 7.32. The van der Waals surface area contributed by atoms with Crippen LogP contribution in [0.4, 0.5) is 0 Å². The van der Waals surface area contributed by atoms with Gasteiger partial charge in [0, 0.05) is 11.9 Å². The van der Waals surface area contributed by atoms with Crippen molar-refractivity contribution in [2.24, 2.45) is 5.92 Å². The van der Waals surface area contributed by atoms with E-state index < -0.39 is 10.8 Å². The van der Waals surface area contributed by atoms with Crippen LogP contribution in [0, 0.1) is 5.92 Å². The second kappa shape index (κ2) is 6.79. The third-order valence-electron chi connectivity index (χ3n) is 2.92. The number of aromatic nitrogens is 1. The van der Waals surface area contributed by atoms with Gasteiger partial charge in [0.25, 0.3) is 0 Å². The highest BCUT2D eigenvalue weighted by molar-refractivity contribution is 7.84. The van der Waals surface area contributed by atoms with Crippen molar-refractivity contribution >= 4 is 10.8 Å². The van der Waals surface area contributed by atoms with Gasteiger partial charge in [-0.1, -0.05) is 33.3 Å². The predicted octanol–water partition coefficient (Wildman–Crippen LogP) is 3.19. The molecule has 3 heteroatoms. The van der Waals surface area contributed by atoms with Gasteiger partial charge in [-0.2, -0.15) is 0 Å². The fourth-order valence-electron chi connectivity index (χ4n) is 1.46. The van der Waals surface area contributed by atoms with E-state index in [4.69, 9.17) is 0 Å². The molecule has 0 saturated heterocycles. The Kier molecular flexibility index (Phi) is 5.67. The molecule has 0 radical (unpaired) electrons. The summed E-state index contributed by atoms with van der Waals surface area (Å²) in [7, 11) is -0.924. The van der Waals surface area contributed by atoms with Crippen molar-refractivity contribution < 1.29 is 4.21 Å². The summed E-state index contributed by atoms with van der Waals surface area (Å²) in [5.41, 5.74) is 1.25. The lowest BCUT2D eigenvalue weighted by Gasteiger charge is -2.07. The lowest BCUT2D eigenvalue weighted by molar-refractivity contribution is 0.516. The molecule has 0 bridgehead atoms. The van der Waals surface area contributed by atoms with Crippen molar-refractivity contribution in [3.8, 4) is 0 Å². The first-order valence-electron chi connectivity index (χ1n) is 6.00. The lowest BCUT2D eigenvalue weighted by atomic mass is 10.0. The predicted molar refractivity (Wildman–Crippen MR) is 69.0 cm³/mol. The summed E-state index contributed by atoms with van der Waals surface area (Å²) < 4.78 is 11.5. The molecule has 0 aliphatic heterocycles. The molecule has 1 aromatic heterocycles. The molecule has 0 N–H and O–H groups in total. The summed E-state index contributed by atoms with van der Waals surface area (Å²) in [4.78, 5) is 4.25. The topological polar surface area (TPSA) is 30.0 Å². The monoisotopic (exact) mass is 239 g/mol. The SMILES string of the molecule is CCC(C)CCc1ccc(S(=O)CC)nc1. The fraction of sp³-hybridized carbons (Fsp3) is 0.615. The van der Waals surface area contributed by atoms with Crippen molar-refractivity contribution in [2.45, 2.75) is 45.1 Å². The summed E-state index contributed by atoms with van der Waals surface area (Å²) in [5, 5.41) is 0.704. The van der Waals surface area contributed by atoms with Crippen LogP contribution in [0.25, 0.3) is 0 Å². The highest BCUT2D eigenvalue weighted by Gasteiger charge is 2.04. The standard InChI is InChI=1S/C13H21NOS/c1-4-11(3)6-7-12-8-9-13(14-10-12)16(15)5-2/h8-11H,4-7H2,1-3H3. The van der Waals surface area contributed by atoms with E-state index in [9.17, 15) is 4.21 Å². The maximum absolute atomic E-state index is 11.5. The van der Waals surface area contributed by atoms with Crippen LogP contribution < -0.4 is 0 Å². The van der Waals surface area contributed by atoms with Crippen LogP contribution in [0.3, 0.4) is 0 Å². The molecule has 0 aromatic carbocycles. The zero-order chi connectivity index (χ0) is 12.0. The molecule has 0 fully saturated rings. The summed E-state index contributed by atoms with van der Waals surface area (Å²) in [5.74, 6) is 1.41. The molecule has 0 spiro atoms. The van der Waals surface area contributed by atoms with Gasteiger partial charge in [0.15, 0.2) is 0 Å². The van der Waals surface area contributed by atoms with Gasteiger partial charge in [0.2, 0.25) is 0 Å². The van der Waals surface area contributed by atoms with Crippen LogP contribution in [0.2, 0.25) is 0 Å². The maximum atomic E-state index is 11.5. The quantitative estimate of drug-likeness (QED) is 0.763. The Morgan fingerprint density at radius 3 is 2.62 bits per heavy atom. The van der Waals surface area contributed by atoms with Crippen molar-refractivity contribution in [1.82, 2.24) is 4.98 Å². The first kappa shape index (κ1) is 13.4. The molecule has 2 atom stereocenters. The minimum absolute atomic E-state index is 0.638. The van der Waals surface area contributed by atoms with Gasteiger partial charge < -0.3 is 0 Å². The number of hydrogen-bond donors (Lipinski definition) is 0. The van der Waals surface area contributed by atoms with Gasteiger partial charge in [0.1, 0.15) is 5.03 Å². The van der Waals surface area contributed by atoms with Crippen molar-refractivity contribution in [2.75, 3.05) is 5.75 Å². The van der Waals surface area contributed by atoms with E-state index in [0.717, 1.165) is 12.3 Å². The number of nitrogens with zero attached hydrogens (tertiary/aromatic N) is 1. The van der Waals surface area contributed by atoms with Crippen molar-refractivity contribution in [1.29, 1.82) is 0 Å². The fourth-order valence-corrected chi connectivity index (χ4v) is 2.14. The van der Waals surface area contributed by atoms with Gasteiger partial charge in [-0.05, 0) is 30.4 Å². The van der Waals surface area contributed by atoms with Gasteiger partial charge in [-0.15, -0.1) is 0 Å². The molecule has 2 unspecified atom stereocenters. The van der Waals surface area contributed by atoms with Gasteiger partial charge in [-0.3, -0.25) is 4.21 Å². The molecular formula is C13H21NOS. The second-order valence-electron chi connectivity index (χ2n) is 4.19. The highest BCUT2D eigenvalue weighted by Crippen LogP contribution is 2.12. The highest BCUT2D eigenvalue weighted by atomic mass is 32.2. The number of pyridine rings is 1. The average Bonchev–Trinajstić information content (AvgIpc) is 2.35. The zero-order valence-corrected chi connectivity index (χ0v) is 11.2. The minimum atomic E-state index is -0.924. The summed E-state index contributed by atoms with van der Waals surface area (Å²) in [6.45, 7) is 6.40. The molecule has 0 aliphatic rings. The Bertz CT molecular complexity index is 334. The van der Waals surface area contributed by atoms with Gasteiger partial charge >= 0.3 is 0 Å². The molecule has 90 valence electrons. The number of hydrogen-bond acceptors (Lipinski definition) is 2. The first-order chi connectivity index (χ1) is 7.67. The third kappa shape index (κ3) is 4.05. The van der Waals surface area contributed by atoms with Crippen LogP contribution in [0.15, 0.2) is 23.4 Å². The lowest BCUT2D eigenvalue weighted by Crippen LogP contribution is -1.99. The Morgan fingerprint density at radius 1 is 1.38 bits per heavy atom. The molecule has 1 aromatic rings. The summed E-state index contributed by atoms with van der Waals surface area (Å²) in [6.07, 6.45) is 5.37. The Hall–Kier alpha value is -0.700. The van der Waals surface area contributed by atoms with Crippen LogP contribution in [-0.4, -0.2) is 14.9 Å². The third-order valence-corrected chi connectivity index (χ3v) is 4.15. The second-order valence-corrected chi connectivity index (χ2v) is 5.88. The minimum Gasteiger partial charge on any atom is -0.253 e. The molecule has 0 amide bonds.